The fourth-order valence-electron chi connectivity index (χ4n) is 2.00. The van der Waals surface area contributed by atoms with E-state index in [9.17, 15) is 0 Å². The Morgan fingerprint density at radius 1 is 0.950 bits per heavy atom. The summed E-state index contributed by atoms with van der Waals surface area (Å²) in [5.74, 6) is 1.58. The Kier molecular flexibility index (Phi) is 5.44. The highest BCUT2D eigenvalue weighted by Gasteiger charge is 2.07. The van der Waals surface area contributed by atoms with Gasteiger partial charge in [-0.25, -0.2) is 0 Å². The second kappa shape index (κ2) is 7.56. The standard InChI is InChI=1S/C17H21NO2/c1-3-18-12-15-9-10-16(17(11-15)19-2)20-13-14-7-5-4-6-8-14/h4-11,18H,3,12-13H2,1-2H3/p+1. The SMILES string of the molecule is CC[NH2+]Cc1ccc(OCc2ccccc2)c(OC)c1. The molecule has 0 aliphatic carbocycles. The van der Waals surface area contributed by atoms with Crippen LogP contribution < -0.4 is 14.8 Å². The van der Waals surface area contributed by atoms with Crippen molar-refractivity contribution in [2.45, 2.75) is 20.1 Å². The smallest absolute Gasteiger partial charge is 0.161 e. The molecule has 0 radical (unpaired) electrons. The van der Waals surface area contributed by atoms with E-state index in [1.54, 1.807) is 7.11 Å². The lowest BCUT2D eigenvalue weighted by Crippen LogP contribution is -2.81. The van der Waals surface area contributed by atoms with Gasteiger partial charge in [0.15, 0.2) is 11.5 Å². The minimum atomic E-state index is 0.553. The highest BCUT2D eigenvalue weighted by atomic mass is 16.5. The van der Waals surface area contributed by atoms with Crippen LogP contribution in [0.3, 0.4) is 0 Å². The normalized spacial score (nSPS) is 10.3. The Morgan fingerprint density at radius 2 is 1.75 bits per heavy atom. The third-order valence-corrected chi connectivity index (χ3v) is 3.13. The molecule has 0 atom stereocenters. The van der Waals surface area contributed by atoms with Crippen molar-refractivity contribution in [3.63, 3.8) is 0 Å². The van der Waals surface area contributed by atoms with Crippen molar-refractivity contribution in [1.29, 1.82) is 0 Å². The molecule has 3 nitrogen and oxygen atoms in total. The van der Waals surface area contributed by atoms with E-state index in [4.69, 9.17) is 9.47 Å². The number of nitrogens with two attached hydrogens (primary N) is 1. The van der Waals surface area contributed by atoms with Crippen LogP contribution in [0, 0.1) is 0 Å². The van der Waals surface area contributed by atoms with Crippen molar-refractivity contribution < 1.29 is 14.8 Å². The second-order valence-electron chi connectivity index (χ2n) is 4.66. The maximum atomic E-state index is 5.84. The molecular weight excluding hydrogens is 250 g/mol. The van der Waals surface area contributed by atoms with Gasteiger partial charge in [-0.2, -0.15) is 0 Å². The molecule has 20 heavy (non-hydrogen) atoms. The van der Waals surface area contributed by atoms with Crippen LogP contribution in [-0.4, -0.2) is 13.7 Å². The number of hydrogen-bond acceptors (Lipinski definition) is 2. The van der Waals surface area contributed by atoms with Gasteiger partial charge in [-0.3, -0.25) is 0 Å². The molecule has 106 valence electrons. The largest absolute Gasteiger partial charge is 0.493 e. The monoisotopic (exact) mass is 272 g/mol. The van der Waals surface area contributed by atoms with E-state index >= 15 is 0 Å². The summed E-state index contributed by atoms with van der Waals surface area (Å²) in [4.78, 5) is 0. The van der Waals surface area contributed by atoms with E-state index in [1.165, 1.54) is 5.56 Å². The first-order chi connectivity index (χ1) is 9.83. The molecule has 2 aromatic rings. The van der Waals surface area contributed by atoms with Gasteiger partial charge in [0, 0.05) is 5.56 Å². The molecule has 2 N–H and O–H groups in total. The van der Waals surface area contributed by atoms with Crippen LogP contribution in [0.2, 0.25) is 0 Å². The molecule has 0 spiro atoms. The van der Waals surface area contributed by atoms with Gasteiger partial charge in [0.1, 0.15) is 13.2 Å². The number of hydrogen-bond donors (Lipinski definition) is 1. The summed E-state index contributed by atoms with van der Waals surface area (Å²) in [7, 11) is 1.68. The third kappa shape index (κ3) is 4.00. The predicted molar refractivity (Wildman–Crippen MR) is 79.9 cm³/mol. The number of benzene rings is 2. The van der Waals surface area contributed by atoms with Crippen molar-refractivity contribution in [3.05, 3.63) is 59.7 Å². The summed E-state index contributed by atoms with van der Waals surface area (Å²) in [5, 5.41) is 2.25. The molecule has 0 bridgehead atoms. The van der Waals surface area contributed by atoms with Crippen molar-refractivity contribution >= 4 is 0 Å². The summed E-state index contributed by atoms with van der Waals surface area (Å²) in [6.45, 7) is 4.74. The summed E-state index contributed by atoms with van der Waals surface area (Å²) in [5.41, 5.74) is 2.40. The third-order valence-electron chi connectivity index (χ3n) is 3.13. The summed E-state index contributed by atoms with van der Waals surface area (Å²) in [6, 6.07) is 16.3. The fourth-order valence-corrected chi connectivity index (χ4v) is 2.00. The number of ether oxygens (including phenoxy) is 2. The molecule has 0 heterocycles. The first-order valence-corrected chi connectivity index (χ1v) is 6.98. The molecule has 0 saturated heterocycles. The lowest BCUT2D eigenvalue weighted by atomic mass is 10.2. The maximum absolute atomic E-state index is 5.84. The molecule has 0 saturated carbocycles. The molecule has 0 amide bonds. The van der Waals surface area contributed by atoms with Gasteiger partial charge in [0.05, 0.1) is 13.7 Å². The summed E-state index contributed by atoms with van der Waals surface area (Å²) < 4.78 is 11.3. The van der Waals surface area contributed by atoms with E-state index in [0.29, 0.717) is 6.61 Å². The van der Waals surface area contributed by atoms with Crippen molar-refractivity contribution in [1.82, 2.24) is 0 Å². The van der Waals surface area contributed by atoms with Crippen LogP contribution in [0.25, 0.3) is 0 Å². The van der Waals surface area contributed by atoms with Crippen LogP contribution in [-0.2, 0) is 13.2 Å². The zero-order chi connectivity index (χ0) is 14.2. The molecule has 0 aliphatic heterocycles. The Bertz CT molecular complexity index is 526. The zero-order valence-electron chi connectivity index (χ0n) is 12.1. The molecule has 0 aliphatic rings. The number of methoxy groups -OCH3 is 1. The van der Waals surface area contributed by atoms with Gasteiger partial charge in [-0.15, -0.1) is 0 Å². The molecule has 2 rings (SSSR count). The number of rotatable bonds is 7. The van der Waals surface area contributed by atoms with Gasteiger partial charge in [0.2, 0.25) is 0 Å². The lowest BCUT2D eigenvalue weighted by molar-refractivity contribution is -0.667. The van der Waals surface area contributed by atoms with Gasteiger partial charge in [0.25, 0.3) is 0 Å². The molecule has 0 unspecified atom stereocenters. The highest BCUT2D eigenvalue weighted by Crippen LogP contribution is 2.28. The topological polar surface area (TPSA) is 35.1 Å². The van der Waals surface area contributed by atoms with Gasteiger partial charge in [-0.05, 0) is 30.7 Å². The highest BCUT2D eigenvalue weighted by molar-refractivity contribution is 5.42. The zero-order valence-corrected chi connectivity index (χ0v) is 12.1. The van der Waals surface area contributed by atoms with E-state index in [1.807, 2.05) is 30.3 Å². The van der Waals surface area contributed by atoms with Crippen LogP contribution in [0.15, 0.2) is 48.5 Å². The molecule has 0 fully saturated rings. The van der Waals surface area contributed by atoms with Gasteiger partial charge in [-0.1, -0.05) is 30.3 Å². The lowest BCUT2D eigenvalue weighted by Gasteiger charge is -2.12. The van der Waals surface area contributed by atoms with Crippen molar-refractivity contribution in [2.24, 2.45) is 0 Å². The Labute approximate surface area is 120 Å². The van der Waals surface area contributed by atoms with Crippen LogP contribution in [0.4, 0.5) is 0 Å². The van der Waals surface area contributed by atoms with Gasteiger partial charge < -0.3 is 14.8 Å². The van der Waals surface area contributed by atoms with Gasteiger partial charge >= 0.3 is 0 Å². The van der Waals surface area contributed by atoms with E-state index in [2.05, 4.69) is 30.4 Å². The van der Waals surface area contributed by atoms with E-state index in [-0.39, 0.29) is 0 Å². The second-order valence-corrected chi connectivity index (χ2v) is 4.66. The fraction of sp³-hybridized carbons (Fsp3) is 0.294. The maximum Gasteiger partial charge on any atom is 0.161 e. The molecule has 2 aromatic carbocycles. The molecule has 0 aromatic heterocycles. The van der Waals surface area contributed by atoms with Crippen LogP contribution in [0.5, 0.6) is 11.5 Å². The Balaban J connectivity index is 2.03. The average Bonchev–Trinajstić information content (AvgIpc) is 2.52. The average molecular weight is 272 g/mol. The van der Waals surface area contributed by atoms with Crippen LogP contribution >= 0.6 is 0 Å². The summed E-state index contributed by atoms with van der Waals surface area (Å²) in [6.07, 6.45) is 0. The predicted octanol–water partition coefficient (Wildman–Crippen LogP) is 2.36. The quantitative estimate of drug-likeness (QED) is 0.839. The molecule has 3 heteroatoms. The van der Waals surface area contributed by atoms with Crippen LogP contribution in [0.1, 0.15) is 18.1 Å². The first-order valence-electron chi connectivity index (χ1n) is 6.98. The Hall–Kier alpha value is -2.00. The van der Waals surface area contributed by atoms with Crippen molar-refractivity contribution in [2.75, 3.05) is 13.7 Å². The summed E-state index contributed by atoms with van der Waals surface area (Å²) >= 11 is 0. The van der Waals surface area contributed by atoms with E-state index < -0.39 is 0 Å². The Morgan fingerprint density at radius 3 is 2.45 bits per heavy atom. The van der Waals surface area contributed by atoms with Crippen molar-refractivity contribution in [3.8, 4) is 11.5 Å². The minimum absolute atomic E-state index is 0.553. The first kappa shape index (κ1) is 14.4. The molecular formula is C17H22NO2+. The van der Waals surface area contributed by atoms with E-state index in [0.717, 1.165) is 30.2 Å². The minimum Gasteiger partial charge on any atom is -0.493 e. The number of quaternary nitrogens is 1.